The van der Waals surface area contributed by atoms with Gasteiger partial charge in [0.05, 0.1) is 12.7 Å². The summed E-state index contributed by atoms with van der Waals surface area (Å²) in [6, 6.07) is 34.3. The first-order valence-electron chi connectivity index (χ1n) is 19.6. The predicted molar refractivity (Wildman–Crippen MR) is 226 cm³/mol. The van der Waals surface area contributed by atoms with Gasteiger partial charge in [0, 0.05) is 15.4 Å². The first kappa shape index (κ1) is 42.6. The molecule has 0 heterocycles. The largest absolute Gasteiger partial charge is 0.494 e. The van der Waals surface area contributed by atoms with Crippen molar-refractivity contribution in [2.45, 2.75) is 98.5 Å². The van der Waals surface area contributed by atoms with Crippen molar-refractivity contribution in [3.63, 3.8) is 0 Å². The van der Waals surface area contributed by atoms with Crippen molar-refractivity contribution < 1.29 is 32.3 Å². The molecule has 0 radical (unpaired) electrons. The lowest BCUT2D eigenvalue weighted by Gasteiger charge is -2.21. The SMILES string of the molecule is C=CCOc1ccc(CC(O)CCCCCCC)cc1C(O)c1ccccc1-c1ccc(Sc2ccc(OCCCC)cc2)c(S(=O)(=O)Oc2ccccc2)c1. The van der Waals surface area contributed by atoms with Gasteiger partial charge in [0.2, 0.25) is 0 Å². The van der Waals surface area contributed by atoms with Crippen molar-refractivity contribution in [2.75, 3.05) is 13.2 Å². The minimum absolute atomic E-state index is 0.00268. The number of aliphatic hydroxyl groups is 2. The Labute approximate surface area is 337 Å². The van der Waals surface area contributed by atoms with E-state index in [-0.39, 0.29) is 17.3 Å². The molecule has 5 aromatic carbocycles. The van der Waals surface area contributed by atoms with Gasteiger partial charge < -0.3 is 23.9 Å². The molecule has 0 spiro atoms. The minimum atomic E-state index is -4.31. The van der Waals surface area contributed by atoms with Gasteiger partial charge in [-0.1, -0.05) is 131 Å². The summed E-state index contributed by atoms with van der Waals surface area (Å²) in [6.07, 6.45) is 8.81. The van der Waals surface area contributed by atoms with Crippen LogP contribution >= 0.6 is 11.8 Å². The van der Waals surface area contributed by atoms with Crippen LogP contribution in [0.15, 0.2) is 143 Å². The summed E-state index contributed by atoms with van der Waals surface area (Å²) >= 11 is 1.31. The van der Waals surface area contributed by atoms with Crippen LogP contribution in [-0.4, -0.2) is 37.9 Å². The van der Waals surface area contributed by atoms with Crippen LogP contribution in [0.5, 0.6) is 17.2 Å². The van der Waals surface area contributed by atoms with Crippen LogP contribution in [0, 0.1) is 0 Å². The number of ether oxygens (including phenoxy) is 2. The third-order valence-electron chi connectivity index (χ3n) is 9.38. The van der Waals surface area contributed by atoms with E-state index in [9.17, 15) is 18.6 Å². The molecule has 0 aliphatic carbocycles. The van der Waals surface area contributed by atoms with E-state index in [2.05, 4.69) is 20.4 Å². The van der Waals surface area contributed by atoms with E-state index in [4.69, 9.17) is 13.7 Å². The molecule has 0 aliphatic heterocycles. The van der Waals surface area contributed by atoms with Crippen LogP contribution in [0.3, 0.4) is 0 Å². The zero-order valence-electron chi connectivity index (χ0n) is 32.4. The Hall–Kier alpha value is -4.54. The Bertz CT molecular complexity index is 2080. The third-order valence-corrected chi connectivity index (χ3v) is 11.9. The second-order valence-electron chi connectivity index (χ2n) is 13.8. The molecule has 2 atom stereocenters. The van der Waals surface area contributed by atoms with Gasteiger partial charge in [-0.2, -0.15) is 8.42 Å². The molecule has 0 amide bonds. The molecule has 56 heavy (non-hydrogen) atoms. The van der Waals surface area contributed by atoms with Gasteiger partial charge in [0.1, 0.15) is 34.9 Å². The van der Waals surface area contributed by atoms with Crippen LogP contribution in [0.1, 0.15) is 88.0 Å². The average molecular weight is 795 g/mol. The zero-order chi connectivity index (χ0) is 39.8. The summed E-state index contributed by atoms with van der Waals surface area (Å²) < 4.78 is 45.6. The van der Waals surface area contributed by atoms with Crippen molar-refractivity contribution in [3.8, 4) is 28.4 Å². The maximum Gasteiger partial charge on any atom is 0.340 e. The topological polar surface area (TPSA) is 102 Å². The second kappa shape index (κ2) is 21.7. The lowest BCUT2D eigenvalue weighted by Crippen LogP contribution is -2.12. The highest BCUT2D eigenvalue weighted by molar-refractivity contribution is 8.00. The van der Waals surface area contributed by atoms with Crippen molar-refractivity contribution in [3.05, 3.63) is 145 Å². The van der Waals surface area contributed by atoms with Crippen molar-refractivity contribution in [1.82, 2.24) is 0 Å². The van der Waals surface area contributed by atoms with Crippen LogP contribution in [0.4, 0.5) is 0 Å². The summed E-state index contributed by atoms with van der Waals surface area (Å²) in [5, 5.41) is 23.0. The Morgan fingerprint density at radius 3 is 2.21 bits per heavy atom. The molecule has 0 aromatic heterocycles. The zero-order valence-corrected chi connectivity index (χ0v) is 34.1. The quantitative estimate of drug-likeness (QED) is 0.0383. The smallest absolute Gasteiger partial charge is 0.340 e. The number of hydrogen-bond acceptors (Lipinski definition) is 8. The highest BCUT2D eigenvalue weighted by Crippen LogP contribution is 2.41. The molecule has 0 saturated heterocycles. The van der Waals surface area contributed by atoms with E-state index in [1.807, 2.05) is 72.8 Å². The summed E-state index contributed by atoms with van der Waals surface area (Å²) in [7, 11) is -4.31. The maximum absolute atomic E-state index is 14.1. The van der Waals surface area contributed by atoms with E-state index >= 15 is 0 Å². The number of hydrogen-bond donors (Lipinski definition) is 2. The highest BCUT2D eigenvalue weighted by Gasteiger charge is 2.25. The Morgan fingerprint density at radius 2 is 1.46 bits per heavy atom. The summed E-state index contributed by atoms with van der Waals surface area (Å²) in [5.41, 5.74) is 3.23. The van der Waals surface area contributed by atoms with Crippen molar-refractivity contribution in [1.29, 1.82) is 0 Å². The molecule has 0 fully saturated rings. The molecule has 0 bridgehead atoms. The van der Waals surface area contributed by atoms with Gasteiger partial charge in [-0.25, -0.2) is 0 Å². The fourth-order valence-electron chi connectivity index (χ4n) is 6.41. The number of benzene rings is 5. The normalized spacial score (nSPS) is 12.5. The standard InChI is InChI=1S/C47H54O7S2/c1-4-7-9-10-12-17-37(48)32-35-22-28-44(53-30-6-3)43(33-35)47(49)42-21-16-15-20-41(42)36-23-29-45(55-40-26-24-38(25-27-40)52-31-8-5-2)46(34-36)56(50,51)54-39-18-13-11-14-19-39/h6,11,13-16,18-29,33-34,37,47-49H,3-5,7-10,12,17,30-32H2,1-2H3. The first-order valence-corrected chi connectivity index (χ1v) is 21.8. The van der Waals surface area contributed by atoms with Crippen LogP contribution in [-0.2, 0) is 16.5 Å². The molecular weight excluding hydrogens is 741 g/mol. The fourth-order valence-corrected chi connectivity index (χ4v) is 8.70. The minimum Gasteiger partial charge on any atom is -0.494 e. The number of rotatable bonds is 23. The number of unbranched alkanes of at least 4 members (excludes halogenated alkanes) is 5. The van der Waals surface area contributed by atoms with Gasteiger partial charge in [0.25, 0.3) is 0 Å². The number of aliphatic hydroxyl groups excluding tert-OH is 2. The molecule has 2 unspecified atom stereocenters. The van der Waals surface area contributed by atoms with E-state index < -0.39 is 22.3 Å². The molecule has 9 heteroatoms. The van der Waals surface area contributed by atoms with Gasteiger partial charge in [-0.15, -0.1) is 0 Å². The molecule has 5 aromatic rings. The number of para-hydroxylation sites is 1. The van der Waals surface area contributed by atoms with E-state index in [0.717, 1.165) is 41.9 Å². The Balaban J connectivity index is 1.49. The summed E-state index contributed by atoms with van der Waals surface area (Å²) in [5.74, 6) is 1.45. The van der Waals surface area contributed by atoms with E-state index in [1.165, 1.54) is 31.0 Å². The average Bonchev–Trinajstić information content (AvgIpc) is 3.21. The Morgan fingerprint density at radius 1 is 0.732 bits per heavy atom. The maximum atomic E-state index is 14.1. The third kappa shape index (κ3) is 12.2. The van der Waals surface area contributed by atoms with Gasteiger partial charge in [-0.05, 0) is 102 Å². The van der Waals surface area contributed by atoms with E-state index in [0.29, 0.717) is 52.3 Å². The second-order valence-corrected chi connectivity index (χ2v) is 16.4. The molecule has 0 saturated carbocycles. The molecule has 5 rings (SSSR count). The first-order chi connectivity index (χ1) is 27.2. The highest BCUT2D eigenvalue weighted by atomic mass is 32.2. The van der Waals surface area contributed by atoms with Gasteiger partial charge in [0.15, 0.2) is 0 Å². The molecule has 2 N–H and O–H groups in total. The lowest BCUT2D eigenvalue weighted by atomic mass is 9.91. The molecule has 7 nitrogen and oxygen atoms in total. The van der Waals surface area contributed by atoms with Gasteiger partial charge in [-0.3, -0.25) is 0 Å². The van der Waals surface area contributed by atoms with Crippen molar-refractivity contribution in [2.24, 2.45) is 0 Å². The Kier molecular flexibility index (Phi) is 16.5. The van der Waals surface area contributed by atoms with Crippen LogP contribution in [0.2, 0.25) is 0 Å². The van der Waals surface area contributed by atoms with Crippen molar-refractivity contribution >= 4 is 21.9 Å². The molecule has 296 valence electrons. The van der Waals surface area contributed by atoms with Crippen LogP contribution in [0.25, 0.3) is 11.1 Å². The van der Waals surface area contributed by atoms with Gasteiger partial charge >= 0.3 is 10.1 Å². The monoisotopic (exact) mass is 794 g/mol. The fraction of sp³-hybridized carbons (Fsp3) is 0.319. The molecular formula is C47H54O7S2. The lowest BCUT2D eigenvalue weighted by molar-refractivity contribution is 0.160. The predicted octanol–water partition coefficient (Wildman–Crippen LogP) is 11.4. The summed E-state index contributed by atoms with van der Waals surface area (Å²) in [4.78, 5) is 1.32. The van der Waals surface area contributed by atoms with Crippen LogP contribution < -0.4 is 13.7 Å². The molecule has 0 aliphatic rings. The van der Waals surface area contributed by atoms with E-state index in [1.54, 1.807) is 48.5 Å². The summed E-state index contributed by atoms with van der Waals surface area (Å²) in [6.45, 7) is 8.97.